The molecule has 6 nitrogen and oxygen atoms in total. The number of piperidine rings is 1. The van der Waals surface area contributed by atoms with Gasteiger partial charge < -0.3 is 20.7 Å². The zero-order chi connectivity index (χ0) is 16.1. The highest BCUT2D eigenvalue weighted by atomic mass is 16.5. The third-order valence-corrected chi connectivity index (χ3v) is 3.85. The smallest absolute Gasteiger partial charge is 0.340 e. The van der Waals surface area contributed by atoms with Crippen molar-refractivity contribution in [2.24, 2.45) is 5.92 Å². The van der Waals surface area contributed by atoms with Crippen LogP contribution in [-0.2, 0) is 9.53 Å². The molecule has 1 amide bonds. The molecule has 1 unspecified atom stereocenters. The Bertz CT molecular complexity index is 560. The highest BCUT2D eigenvalue weighted by Crippen LogP contribution is 2.25. The zero-order valence-corrected chi connectivity index (χ0v) is 13.1. The fourth-order valence-corrected chi connectivity index (χ4v) is 2.68. The predicted molar refractivity (Wildman–Crippen MR) is 85.7 cm³/mol. The van der Waals surface area contributed by atoms with Crippen molar-refractivity contribution in [1.82, 2.24) is 4.90 Å². The third kappa shape index (κ3) is 3.76. The number of anilines is 2. The summed E-state index contributed by atoms with van der Waals surface area (Å²) in [5.74, 6) is -0.586. The summed E-state index contributed by atoms with van der Waals surface area (Å²) < 4.78 is 4.96. The molecule has 1 fully saturated rings. The third-order valence-electron chi connectivity index (χ3n) is 3.85. The number of nitrogens with one attached hydrogen (secondary N) is 1. The van der Waals surface area contributed by atoms with Gasteiger partial charge in [-0.3, -0.25) is 4.79 Å². The number of benzene rings is 1. The molecule has 22 heavy (non-hydrogen) atoms. The molecule has 0 bridgehead atoms. The van der Waals surface area contributed by atoms with Crippen molar-refractivity contribution in [3.05, 3.63) is 23.8 Å². The Labute approximate surface area is 130 Å². The van der Waals surface area contributed by atoms with E-state index in [2.05, 4.69) is 10.2 Å². The second kappa shape index (κ2) is 7.26. The Morgan fingerprint density at radius 2 is 2.23 bits per heavy atom. The fraction of sp³-hybridized carbons (Fsp3) is 0.500. The number of amides is 1. The summed E-state index contributed by atoms with van der Waals surface area (Å²) >= 11 is 0. The van der Waals surface area contributed by atoms with E-state index in [4.69, 9.17) is 10.5 Å². The summed E-state index contributed by atoms with van der Waals surface area (Å²) in [5, 5.41) is 2.84. The van der Waals surface area contributed by atoms with E-state index in [9.17, 15) is 9.59 Å². The number of nitrogens with zero attached hydrogens (tertiary/aromatic N) is 1. The minimum absolute atomic E-state index is 0.0515. The summed E-state index contributed by atoms with van der Waals surface area (Å²) in [6.07, 6.45) is 1.88. The van der Waals surface area contributed by atoms with E-state index >= 15 is 0 Å². The summed E-state index contributed by atoms with van der Waals surface area (Å²) in [6, 6.07) is 4.98. The number of carbonyl (C=O) groups is 2. The lowest BCUT2D eigenvalue weighted by molar-refractivity contribution is -0.121. The second-order valence-corrected chi connectivity index (χ2v) is 5.58. The SMILES string of the molecule is CCOC(=O)c1cccc(NC(=O)C2CCCN(C)C2)c1N. The number of carbonyl (C=O) groups excluding carboxylic acids is 2. The first-order valence-electron chi connectivity index (χ1n) is 7.58. The van der Waals surface area contributed by atoms with Gasteiger partial charge in [-0.2, -0.15) is 0 Å². The normalized spacial score (nSPS) is 18.7. The molecule has 0 spiro atoms. The van der Waals surface area contributed by atoms with Crippen molar-refractivity contribution in [2.45, 2.75) is 19.8 Å². The molecule has 0 aliphatic carbocycles. The molecule has 3 N–H and O–H groups in total. The van der Waals surface area contributed by atoms with Gasteiger partial charge in [0.25, 0.3) is 0 Å². The lowest BCUT2D eigenvalue weighted by atomic mass is 9.97. The van der Waals surface area contributed by atoms with E-state index in [1.165, 1.54) is 0 Å². The Balaban J connectivity index is 2.11. The Kier molecular flexibility index (Phi) is 5.38. The first-order chi connectivity index (χ1) is 10.5. The van der Waals surface area contributed by atoms with Gasteiger partial charge in [-0.1, -0.05) is 6.07 Å². The number of likely N-dealkylation sites (tertiary alicyclic amines) is 1. The highest BCUT2D eigenvalue weighted by molar-refractivity contribution is 6.02. The first kappa shape index (κ1) is 16.3. The number of nitrogens with two attached hydrogens (primary N) is 1. The van der Waals surface area contributed by atoms with Crippen molar-refractivity contribution in [1.29, 1.82) is 0 Å². The molecule has 1 aliphatic rings. The van der Waals surface area contributed by atoms with E-state index in [0.29, 0.717) is 5.69 Å². The number of para-hydroxylation sites is 1. The number of esters is 1. The van der Waals surface area contributed by atoms with Crippen LogP contribution in [0.2, 0.25) is 0 Å². The molecule has 1 aliphatic heterocycles. The summed E-state index contributed by atoms with van der Waals surface area (Å²) in [6.45, 7) is 3.77. The second-order valence-electron chi connectivity index (χ2n) is 5.58. The van der Waals surface area contributed by atoms with Gasteiger partial charge in [-0.15, -0.1) is 0 Å². The molecule has 6 heteroatoms. The monoisotopic (exact) mass is 305 g/mol. The summed E-state index contributed by atoms with van der Waals surface area (Å²) in [5.41, 5.74) is 6.98. The van der Waals surface area contributed by atoms with Crippen molar-refractivity contribution >= 4 is 23.3 Å². The highest BCUT2D eigenvalue weighted by Gasteiger charge is 2.25. The van der Waals surface area contributed by atoms with Crippen LogP contribution in [0.4, 0.5) is 11.4 Å². The fourth-order valence-electron chi connectivity index (χ4n) is 2.68. The van der Waals surface area contributed by atoms with E-state index in [1.54, 1.807) is 25.1 Å². The van der Waals surface area contributed by atoms with Crippen LogP contribution in [0, 0.1) is 5.92 Å². The van der Waals surface area contributed by atoms with Crippen molar-refractivity contribution < 1.29 is 14.3 Å². The molecule has 0 radical (unpaired) electrons. The van der Waals surface area contributed by atoms with Crippen molar-refractivity contribution in [3.63, 3.8) is 0 Å². The van der Waals surface area contributed by atoms with Gasteiger partial charge in [0.15, 0.2) is 0 Å². The molecule has 0 aromatic heterocycles. The van der Waals surface area contributed by atoms with Crippen LogP contribution in [0.1, 0.15) is 30.1 Å². The van der Waals surface area contributed by atoms with Gasteiger partial charge in [0.1, 0.15) is 0 Å². The Morgan fingerprint density at radius 3 is 2.91 bits per heavy atom. The van der Waals surface area contributed by atoms with Crippen LogP contribution in [0.5, 0.6) is 0 Å². The maximum absolute atomic E-state index is 12.4. The topological polar surface area (TPSA) is 84.7 Å². The van der Waals surface area contributed by atoms with Crippen LogP contribution in [0.15, 0.2) is 18.2 Å². The lowest BCUT2D eigenvalue weighted by Gasteiger charge is -2.28. The predicted octanol–water partition coefficient (Wildman–Crippen LogP) is 1.73. The molecular weight excluding hydrogens is 282 g/mol. The average molecular weight is 305 g/mol. The number of nitrogen functional groups attached to an aromatic ring is 1. The largest absolute Gasteiger partial charge is 0.462 e. The number of rotatable bonds is 4. The Hall–Kier alpha value is -2.08. The van der Waals surface area contributed by atoms with Gasteiger partial charge in [0.2, 0.25) is 5.91 Å². The van der Waals surface area contributed by atoms with Crippen LogP contribution < -0.4 is 11.1 Å². The minimum atomic E-state index is -0.478. The summed E-state index contributed by atoms with van der Waals surface area (Å²) in [7, 11) is 2.01. The van der Waals surface area contributed by atoms with Crippen LogP contribution in [0.25, 0.3) is 0 Å². The van der Waals surface area contributed by atoms with Gasteiger partial charge in [0, 0.05) is 6.54 Å². The van der Waals surface area contributed by atoms with Crippen LogP contribution in [-0.4, -0.2) is 43.5 Å². The number of hydrogen-bond acceptors (Lipinski definition) is 5. The van der Waals surface area contributed by atoms with Crippen LogP contribution >= 0.6 is 0 Å². The lowest BCUT2D eigenvalue weighted by Crippen LogP contribution is -2.38. The number of ether oxygens (including phenoxy) is 1. The minimum Gasteiger partial charge on any atom is -0.462 e. The quantitative estimate of drug-likeness (QED) is 0.653. The van der Waals surface area contributed by atoms with Gasteiger partial charge in [0.05, 0.1) is 29.5 Å². The molecule has 2 rings (SSSR count). The molecule has 0 saturated carbocycles. The molecule has 1 saturated heterocycles. The van der Waals surface area contributed by atoms with Gasteiger partial charge in [-0.05, 0) is 45.5 Å². The van der Waals surface area contributed by atoms with Gasteiger partial charge >= 0.3 is 5.97 Å². The standard InChI is InChI=1S/C16H23N3O3/c1-3-22-16(21)12-7-4-8-13(14(12)17)18-15(20)11-6-5-9-19(2)10-11/h4,7-8,11H,3,5-6,9-10,17H2,1-2H3,(H,18,20). The van der Waals surface area contributed by atoms with E-state index in [0.717, 1.165) is 25.9 Å². The molecule has 1 heterocycles. The van der Waals surface area contributed by atoms with Gasteiger partial charge in [-0.25, -0.2) is 4.79 Å². The molecular formula is C16H23N3O3. The maximum Gasteiger partial charge on any atom is 0.340 e. The molecule has 1 aromatic rings. The average Bonchev–Trinajstić information content (AvgIpc) is 2.49. The van der Waals surface area contributed by atoms with Crippen molar-refractivity contribution in [3.8, 4) is 0 Å². The van der Waals surface area contributed by atoms with E-state index in [-0.39, 0.29) is 29.7 Å². The summed E-state index contributed by atoms with van der Waals surface area (Å²) in [4.78, 5) is 26.3. The Morgan fingerprint density at radius 1 is 1.45 bits per heavy atom. The van der Waals surface area contributed by atoms with E-state index < -0.39 is 5.97 Å². The molecule has 1 atom stereocenters. The zero-order valence-electron chi connectivity index (χ0n) is 13.1. The first-order valence-corrected chi connectivity index (χ1v) is 7.58. The maximum atomic E-state index is 12.4. The van der Waals surface area contributed by atoms with Crippen LogP contribution in [0.3, 0.4) is 0 Å². The number of hydrogen-bond donors (Lipinski definition) is 2. The van der Waals surface area contributed by atoms with E-state index in [1.807, 2.05) is 7.05 Å². The molecule has 1 aromatic carbocycles. The molecule has 120 valence electrons. The van der Waals surface area contributed by atoms with Crippen molar-refractivity contribution in [2.75, 3.05) is 37.8 Å².